The molecular weight excluding hydrogens is 624 g/mol. The first-order valence-corrected chi connectivity index (χ1v) is 16.9. The fraction of sp³-hybridized carbons (Fsp3) is 0.444. The lowest BCUT2D eigenvalue weighted by atomic mass is 9.97. The Morgan fingerprint density at radius 2 is 1.21 bits per heavy atom. The summed E-state index contributed by atoms with van der Waals surface area (Å²) in [6.45, 7) is 13.1. The van der Waals surface area contributed by atoms with Gasteiger partial charge in [-0.1, -0.05) is 60.7 Å². The molecule has 3 rings (SSSR count). The van der Waals surface area contributed by atoms with Crippen molar-refractivity contribution >= 4 is 22.1 Å². The number of carbonyl (C=O) groups excluding carboxylic acids is 2. The van der Waals surface area contributed by atoms with Crippen LogP contribution in [-0.4, -0.2) is 43.6 Å². The maximum atomic E-state index is 13.2. The zero-order valence-electron chi connectivity index (χ0n) is 28.3. The van der Waals surface area contributed by atoms with Crippen LogP contribution in [0.1, 0.15) is 78.2 Å². The van der Waals surface area contributed by atoms with Crippen molar-refractivity contribution in [3.05, 3.63) is 90.0 Å². The number of para-hydroxylation sites is 2. The molecule has 0 bridgehead atoms. The molecule has 3 aromatic carbocycles. The van der Waals surface area contributed by atoms with Gasteiger partial charge in [-0.2, -0.15) is 8.42 Å². The van der Waals surface area contributed by atoms with Gasteiger partial charge in [-0.3, -0.25) is 14.1 Å². The van der Waals surface area contributed by atoms with Gasteiger partial charge in [0.15, 0.2) is 11.5 Å². The Kier molecular flexibility index (Phi) is 12.5. The Hall–Kier alpha value is -4.09. The van der Waals surface area contributed by atoms with Gasteiger partial charge in [0.25, 0.3) is 10.1 Å². The maximum absolute atomic E-state index is 13.2. The summed E-state index contributed by atoms with van der Waals surface area (Å²) < 4.78 is 66.3. The van der Waals surface area contributed by atoms with E-state index in [4.69, 9.17) is 23.7 Å². The molecule has 47 heavy (non-hydrogen) atoms. The van der Waals surface area contributed by atoms with Gasteiger partial charge in [0.05, 0.1) is 10.8 Å². The fourth-order valence-corrected chi connectivity index (χ4v) is 5.41. The monoisotopic (exact) mass is 670 g/mol. The first-order chi connectivity index (χ1) is 21.8. The highest BCUT2D eigenvalue weighted by Crippen LogP contribution is 2.42. The SMILES string of the molecule is CC(OC(=O)C(C)(C)C)Oc1cccc(C(CC(Cc2ccccc2)Oc2ccccc2)S(=O)(=O)O)c1OC(C)OC(=O)C(C)(C)C. The van der Waals surface area contributed by atoms with Gasteiger partial charge in [-0.15, -0.1) is 0 Å². The molecule has 0 heterocycles. The number of ether oxygens (including phenoxy) is 5. The van der Waals surface area contributed by atoms with E-state index in [1.54, 1.807) is 65.8 Å². The van der Waals surface area contributed by atoms with Crippen LogP contribution in [0.5, 0.6) is 17.2 Å². The van der Waals surface area contributed by atoms with Gasteiger partial charge >= 0.3 is 11.9 Å². The van der Waals surface area contributed by atoms with Crippen molar-refractivity contribution in [1.29, 1.82) is 0 Å². The van der Waals surface area contributed by atoms with Gasteiger partial charge in [-0.05, 0) is 65.3 Å². The Morgan fingerprint density at radius 1 is 0.702 bits per heavy atom. The van der Waals surface area contributed by atoms with Crippen molar-refractivity contribution in [2.45, 2.75) is 92.2 Å². The molecule has 0 radical (unpaired) electrons. The number of hydrogen-bond donors (Lipinski definition) is 1. The normalized spacial score (nSPS) is 14.7. The summed E-state index contributed by atoms with van der Waals surface area (Å²) in [5.41, 5.74) is -0.722. The van der Waals surface area contributed by atoms with Crippen LogP contribution in [-0.2, 0) is 35.6 Å². The second kappa shape index (κ2) is 15.7. The largest absolute Gasteiger partial charge is 0.490 e. The van der Waals surface area contributed by atoms with Gasteiger partial charge in [0, 0.05) is 32.3 Å². The predicted octanol–water partition coefficient (Wildman–Crippen LogP) is 7.32. The lowest BCUT2D eigenvalue weighted by Gasteiger charge is -2.28. The molecule has 4 atom stereocenters. The van der Waals surface area contributed by atoms with Crippen molar-refractivity contribution in [1.82, 2.24) is 0 Å². The minimum Gasteiger partial charge on any atom is -0.490 e. The summed E-state index contributed by atoms with van der Waals surface area (Å²) in [5, 5.41) is -1.56. The Morgan fingerprint density at radius 3 is 1.72 bits per heavy atom. The van der Waals surface area contributed by atoms with Gasteiger partial charge in [-0.25, -0.2) is 0 Å². The zero-order chi connectivity index (χ0) is 35.0. The van der Waals surface area contributed by atoms with Gasteiger partial charge in [0.2, 0.25) is 12.6 Å². The molecule has 0 aliphatic heterocycles. The molecule has 0 saturated carbocycles. The van der Waals surface area contributed by atoms with Crippen LogP contribution in [0, 0.1) is 10.8 Å². The minimum absolute atomic E-state index is 0.00704. The Balaban J connectivity index is 2.08. The number of esters is 2. The summed E-state index contributed by atoms with van der Waals surface area (Å²) in [7, 11) is -4.79. The van der Waals surface area contributed by atoms with E-state index in [-0.39, 0.29) is 23.5 Å². The van der Waals surface area contributed by atoms with E-state index in [0.29, 0.717) is 12.2 Å². The molecule has 3 aromatic rings. The summed E-state index contributed by atoms with van der Waals surface area (Å²) in [4.78, 5) is 25.2. The Bertz CT molecular complexity index is 1530. The highest BCUT2D eigenvalue weighted by molar-refractivity contribution is 7.86. The molecule has 0 spiro atoms. The third-order valence-electron chi connectivity index (χ3n) is 6.89. The molecule has 0 aliphatic rings. The quantitative estimate of drug-likeness (QED) is 0.106. The van der Waals surface area contributed by atoms with E-state index < -0.39 is 56.8 Å². The molecule has 0 saturated heterocycles. The van der Waals surface area contributed by atoms with Crippen molar-refractivity contribution in [3.63, 3.8) is 0 Å². The lowest BCUT2D eigenvalue weighted by molar-refractivity contribution is -0.174. The average Bonchev–Trinajstić information content (AvgIpc) is 2.96. The molecule has 0 amide bonds. The molecular formula is C36H46O10S. The molecule has 4 unspecified atom stereocenters. The number of hydrogen-bond acceptors (Lipinski definition) is 9. The van der Waals surface area contributed by atoms with E-state index in [9.17, 15) is 22.6 Å². The Labute approximate surface area is 278 Å². The van der Waals surface area contributed by atoms with Crippen molar-refractivity contribution in [2.75, 3.05) is 0 Å². The number of carbonyl (C=O) groups is 2. The van der Waals surface area contributed by atoms with E-state index in [1.165, 1.54) is 32.0 Å². The first kappa shape index (κ1) is 37.4. The van der Waals surface area contributed by atoms with Crippen LogP contribution in [0.15, 0.2) is 78.9 Å². The fourth-order valence-electron chi connectivity index (χ4n) is 4.44. The van der Waals surface area contributed by atoms with Crippen LogP contribution in [0.4, 0.5) is 0 Å². The third kappa shape index (κ3) is 11.6. The average molecular weight is 671 g/mol. The van der Waals surface area contributed by atoms with E-state index in [2.05, 4.69) is 0 Å². The van der Waals surface area contributed by atoms with E-state index in [1.807, 2.05) is 36.4 Å². The number of benzene rings is 3. The van der Waals surface area contributed by atoms with Gasteiger partial charge in [0.1, 0.15) is 17.1 Å². The second-order valence-corrected chi connectivity index (χ2v) is 14.9. The highest BCUT2D eigenvalue weighted by Gasteiger charge is 2.35. The van der Waals surface area contributed by atoms with Crippen LogP contribution < -0.4 is 14.2 Å². The first-order valence-electron chi connectivity index (χ1n) is 15.4. The number of rotatable bonds is 14. The van der Waals surface area contributed by atoms with Crippen molar-refractivity contribution < 1.29 is 46.2 Å². The molecule has 0 aliphatic carbocycles. The minimum atomic E-state index is -4.79. The maximum Gasteiger partial charge on any atom is 0.314 e. The smallest absolute Gasteiger partial charge is 0.314 e. The van der Waals surface area contributed by atoms with Crippen LogP contribution in [0.3, 0.4) is 0 Å². The third-order valence-corrected chi connectivity index (χ3v) is 8.06. The topological polar surface area (TPSA) is 135 Å². The highest BCUT2D eigenvalue weighted by atomic mass is 32.2. The summed E-state index contributed by atoms with van der Waals surface area (Å²) >= 11 is 0. The lowest BCUT2D eigenvalue weighted by Crippen LogP contribution is -2.31. The molecule has 10 nitrogen and oxygen atoms in total. The molecule has 0 aromatic heterocycles. The molecule has 1 N–H and O–H groups in total. The van der Waals surface area contributed by atoms with Crippen LogP contribution in [0.25, 0.3) is 0 Å². The van der Waals surface area contributed by atoms with Crippen molar-refractivity contribution in [3.8, 4) is 17.2 Å². The van der Waals surface area contributed by atoms with Crippen LogP contribution in [0.2, 0.25) is 0 Å². The predicted molar refractivity (Wildman–Crippen MR) is 178 cm³/mol. The summed E-state index contributed by atoms with van der Waals surface area (Å²) in [5.74, 6) is -0.654. The molecule has 0 fully saturated rings. The zero-order valence-corrected chi connectivity index (χ0v) is 29.1. The van der Waals surface area contributed by atoms with E-state index >= 15 is 0 Å². The summed E-state index contributed by atoms with van der Waals surface area (Å²) in [6.07, 6.45) is -2.88. The molecule has 11 heteroatoms. The standard InChI is InChI=1S/C36H46O10S/c1-24(44-33(37)35(3,4)5)42-30-21-15-20-29(32(30)43-25(2)45-34(38)36(6,7)8)31(47(39,40)41)23-28(22-26-16-11-9-12-17-26)46-27-18-13-10-14-19-27/h9-21,24-25,28,31H,22-23H2,1-8H3,(H,39,40,41). The van der Waals surface area contributed by atoms with Crippen LogP contribution >= 0.6 is 0 Å². The van der Waals surface area contributed by atoms with Gasteiger partial charge < -0.3 is 23.7 Å². The molecule has 256 valence electrons. The summed E-state index contributed by atoms with van der Waals surface area (Å²) in [6, 6.07) is 22.9. The second-order valence-electron chi connectivity index (χ2n) is 13.3. The van der Waals surface area contributed by atoms with Crippen molar-refractivity contribution in [2.24, 2.45) is 10.8 Å². The van der Waals surface area contributed by atoms with E-state index in [0.717, 1.165) is 5.56 Å².